The Hall–Kier alpha value is -0.930. The average molecular weight is 605 g/mol. The van der Waals surface area contributed by atoms with Crippen LogP contribution >= 0.6 is 0 Å². The molecule has 0 aromatic carbocycles. The van der Waals surface area contributed by atoms with Crippen LogP contribution in [0, 0.1) is 46.3 Å². The Bertz CT molecular complexity index is 963. The van der Waals surface area contributed by atoms with E-state index in [9.17, 15) is 45.6 Å². The quantitative estimate of drug-likeness (QED) is 0.136. The molecule has 0 aromatic rings. The second-order valence-electron chi connectivity index (χ2n) is 14.3. The summed E-state index contributed by atoms with van der Waals surface area (Å²) in [7, 11) is 0. The highest BCUT2D eigenvalue weighted by atomic mass is 16.6. The van der Waals surface area contributed by atoms with Crippen LogP contribution in [0.25, 0.3) is 0 Å². The predicted octanol–water partition coefficient (Wildman–Crippen LogP) is 0.164. The number of fused-ring (bicyclic) bond motifs is 5. The van der Waals surface area contributed by atoms with Crippen LogP contribution in [0.5, 0.6) is 0 Å². The zero-order valence-electron chi connectivity index (χ0n) is 25.1. The van der Waals surface area contributed by atoms with Gasteiger partial charge in [0, 0.05) is 43.4 Å². The van der Waals surface area contributed by atoms with Gasteiger partial charge in [0.05, 0.1) is 26.4 Å². The van der Waals surface area contributed by atoms with Crippen LogP contribution in [0.2, 0.25) is 0 Å². The van der Waals surface area contributed by atoms with Crippen molar-refractivity contribution in [2.24, 2.45) is 46.3 Å². The third-order valence-electron chi connectivity index (χ3n) is 12.0. The molecule has 0 saturated heterocycles. The first-order valence-corrected chi connectivity index (χ1v) is 15.4. The van der Waals surface area contributed by atoms with Gasteiger partial charge in [0.2, 0.25) is 0 Å². The minimum absolute atomic E-state index is 0.0206. The number of carboxylic acid groups (broad SMARTS) is 1. The van der Waals surface area contributed by atoms with Crippen molar-refractivity contribution in [1.82, 2.24) is 0 Å². The van der Waals surface area contributed by atoms with Gasteiger partial charge in [-0.15, -0.1) is 0 Å². The van der Waals surface area contributed by atoms with E-state index < -0.39 is 83.3 Å². The largest absolute Gasteiger partial charge is 0.481 e. The maximum Gasteiger partial charge on any atom is 0.303 e. The monoisotopic (exact) mass is 604 g/mol. The van der Waals surface area contributed by atoms with E-state index >= 15 is 0 Å². The van der Waals surface area contributed by atoms with Crippen molar-refractivity contribution >= 4 is 5.97 Å². The molecule has 12 heteroatoms. The van der Waals surface area contributed by atoms with Crippen LogP contribution in [-0.2, 0) is 14.3 Å². The van der Waals surface area contributed by atoms with Gasteiger partial charge in [-0.25, -0.2) is 0 Å². The minimum atomic E-state index is -2.13. The Morgan fingerprint density at radius 1 is 0.881 bits per heavy atom. The zero-order chi connectivity index (χ0) is 31.3. The summed E-state index contributed by atoms with van der Waals surface area (Å²) in [6, 6.07) is 0. The minimum Gasteiger partial charge on any atom is -0.481 e. The van der Waals surface area contributed by atoms with Gasteiger partial charge in [-0.1, -0.05) is 20.8 Å². The maximum absolute atomic E-state index is 12.5. The molecule has 4 saturated carbocycles. The molecular formula is C30H52O12. The van der Waals surface area contributed by atoms with Crippen molar-refractivity contribution in [3.05, 3.63) is 0 Å². The van der Waals surface area contributed by atoms with Crippen LogP contribution < -0.4 is 0 Å². The maximum atomic E-state index is 12.5. The highest BCUT2D eigenvalue weighted by molar-refractivity contribution is 5.66. The van der Waals surface area contributed by atoms with E-state index in [0.717, 1.165) is 0 Å². The molecule has 9 N–H and O–H groups in total. The molecule has 0 spiro atoms. The number of carbonyl (C=O) groups is 1. The highest BCUT2D eigenvalue weighted by Gasteiger charge is 2.74. The molecule has 12 atom stereocenters. The number of ether oxygens (including phenoxy) is 2. The third-order valence-corrected chi connectivity index (χ3v) is 12.0. The van der Waals surface area contributed by atoms with Crippen LogP contribution in [0.3, 0.4) is 0 Å². The van der Waals surface area contributed by atoms with Crippen LogP contribution in [0.15, 0.2) is 0 Å². The van der Waals surface area contributed by atoms with Gasteiger partial charge < -0.3 is 55.4 Å². The van der Waals surface area contributed by atoms with Crippen LogP contribution in [-0.4, -0.2) is 108 Å². The van der Waals surface area contributed by atoms with Gasteiger partial charge >= 0.3 is 5.97 Å². The fourth-order valence-electron chi connectivity index (χ4n) is 9.62. The SMILES string of the molecule is C[C@H](CCC(=O)O)[C@H]1CC[C@H]2[C@H]3[C@H](C[C@@](O)(OCC(O)CO)[C@]12C)[C@@]1(C)CC[C@](O)(OCC(O)CO)C[C@H]1CC3(O)O. The van der Waals surface area contributed by atoms with E-state index in [-0.39, 0.29) is 57.2 Å². The normalized spacial score (nSPS) is 44.9. The average Bonchev–Trinajstić information content (AvgIpc) is 3.29. The molecular weight excluding hydrogens is 552 g/mol. The lowest BCUT2D eigenvalue weighted by atomic mass is 9.41. The standard InChI is InChI=1S/C30H52O12/c1-17(4-7-24(35)36)21-5-6-22-25-23(12-30(40,27(21,22)3)42-16-20(34)14-32)26(2)8-9-28(37,41-15-19(33)13-31)10-18(26)11-29(25,38)39/h17-23,25,31-34,37-40H,4-16H2,1-3H3,(H,35,36)/t17-,18+,19?,20?,21-,22+,23+,25+,26+,27-,28+,30-/m1/s1. The number of hydrogen-bond donors (Lipinski definition) is 9. The highest BCUT2D eigenvalue weighted by Crippen LogP contribution is 2.73. The summed E-state index contributed by atoms with van der Waals surface area (Å²) >= 11 is 0. The summed E-state index contributed by atoms with van der Waals surface area (Å²) in [6.45, 7) is 4.22. The summed E-state index contributed by atoms with van der Waals surface area (Å²) in [5.41, 5.74) is -1.55. The van der Waals surface area contributed by atoms with Gasteiger partial charge in [-0.3, -0.25) is 4.79 Å². The van der Waals surface area contributed by atoms with E-state index in [2.05, 4.69) is 0 Å². The number of aliphatic hydroxyl groups is 8. The lowest BCUT2D eigenvalue weighted by Gasteiger charge is -2.68. The Balaban J connectivity index is 1.70. The molecule has 244 valence electrons. The lowest BCUT2D eigenvalue weighted by Crippen LogP contribution is -2.71. The smallest absolute Gasteiger partial charge is 0.303 e. The Morgan fingerprint density at radius 3 is 2.10 bits per heavy atom. The molecule has 12 nitrogen and oxygen atoms in total. The fourth-order valence-corrected chi connectivity index (χ4v) is 9.62. The Morgan fingerprint density at radius 2 is 1.50 bits per heavy atom. The summed E-state index contributed by atoms with van der Waals surface area (Å²) < 4.78 is 11.8. The summed E-state index contributed by atoms with van der Waals surface area (Å²) in [5.74, 6) is -8.66. The number of aliphatic carboxylic acids is 1. The first kappa shape index (κ1) is 34.0. The Labute approximate surface area is 247 Å². The number of hydrogen-bond acceptors (Lipinski definition) is 11. The third kappa shape index (κ3) is 5.89. The second-order valence-corrected chi connectivity index (χ2v) is 14.3. The van der Waals surface area contributed by atoms with E-state index in [4.69, 9.17) is 14.6 Å². The van der Waals surface area contributed by atoms with E-state index in [1.165, 1.54) is 0 Å². The van der Waals surface area contributed by atoms with Crippen LogP contribution in [0.4, 0.5) is 0 Å². The molecule has 2 unspecified atom stereocenters. The van der Waals surface area contributed by atoms with Crippen molar-refractivity contribution in [1.29, 1.82) is 0 Å². The first-order valence-electron chi connectivity index (χ1n) is 15.4. The fraction of sp³-hybridized carbons (Fsp3) is 0.967. The molecule has 0 aliphatic heterocycles. The van der Waals surface area contributed by atoms with Crippen LogP contribution in [0.1, 0.15) is 78.6 Å². The lowest BCUT2D eigenvalue weighted by molar-refractivity contribution is -0.385. The molecule has 0 bridgehead atoms. The molecule has 0 amide bonds. The van der Waals surface area contributed by atoms with E-state index in [1.807, 2.05) is 20.8 Å². The molecule has 0 radical (unpaired) electrons. The first-order chi connectivity index (χ1) is 19.5. The number of aliphatic hydroxyl groups excluding tert-OH is 4. The van der Waals surface area contributed by atoms with Gasteiger partial charge in [0.25, 0.3) is 0 Å². The van der Waals surface area contributed by atoms with E-state index in [0.29, 0.717) is 25.7 Å². The van der Waals surface area contributed by atoms with Gasteiger partial charge in [-0.2, -0.15) is 0 Å². The Kier molecular flexibility index (Phi) is 9.79. The molecule has 4 rings (SSSR count). The van der Waals surface area contributed by atoms with Crippen molar-refractivity contribution < 1.29 is 60.2 Å². The second kappa shape index (κ2) is 12.1. The summed E-state index contributed by atoms with van der Waals surface area (Å²) in [5, 5.41) is 95.0. The van der Waals surface area contributed by atoms with E-state index in [1.54, 1.807) is 0 Å². The van der Waals surface area contributed by atoms with Crippen molar-refractivity contribution in [3.63, 3.8) is 0 Å². The molecule has 0 heterocycles. The molecule has 0 aromatic heterocycles. The van der Waals surface area contributed by atoms with Crippen molar-refractivity contribution in [2.45, 2.75) is 108 Å². The number of rotatable bonds is 12. The van der Waals surface area contributed by atoms with Crippen molar-refractivity contribution in [3.8, 4) is 0 Å². The topological polar surface area (TPSA) is 218 Å². The number of carboxylic acids is 1. The molecule has 42 heavy (non-hydrogen) atoms. The zero-order valence-corrected chi connectivity index (χ0v) is 25.1. The van der Waals surface area contributed by atoms with Gasteiger partial charge in [0.1, 0.15) is 12.2 Å². The van der Waals surface area contributed by atoms with Gasteiger partial charge in [0.15, 0.2) is 17.4 Å². The molecule has 4 aliphatic rings. The predicted molar refractivity (Wildman–Crippen MR) is 147 cm³/mol. The van der Waals surface area contributed by atoms with Crippen molar-refractivity contribution in [2.75, 3.05) is 26.4 Å². The molecule has 4 fully saturated rings. The van der Waals surface area contributed by atoms with Gasteiger partial charge in [-0.05, 0) is 60.7 Å². The summed E-state index contributed by atoms with van der Waals surface area (Å²) in [4.78, 5) is 11.4. The summed E-state index contributed by atoms with van der Waals surface area (Å²) in [6.07, 6.45) is -0.0706. The molecule has 4 aliphatic carbocycles.